The highest BCUT2D eigenvalue weighted by Gasteiger charge is 2.19. The third-order valence-corrected chi connectivity index (χ3v) is 3.67. The topological polar surface area (TPSA) is 62.6 Å². The fourth-order valence-corrected chi connectivity index (χ4v) is 2.25. The van der Waals surface area contributed by atoms with Gasteiger partial charge in [0.05, 0.1) is 6.26 Å². The minimum Gasteiger partial charge on any atom is -0.465 e. The Balaban J connectivity index is 2.27. The van der Waals surface area contributed by atoms with Crippen molar-refractivity contribution in [2.75, 3.05) is 13.1 Å². The molecule has 0 aliphatic rings. The number of nitrogens with one attached hydrogen (secondary N) is 1. The van der Waals surface area contributed by atoms with E-state index in [0.29, 0.717) is 24.4 Å². The molecule has 0 bridgehead atoms. The van der Waals surface area contributed by atoms with Gasteiger partial charge in [-0.15, -0.1) is 0 Å². The summed E-state index contributed by atoms with van der Waals surface area (Å²) < 4.78 is 5.27. The molecule has 0 spiro atoms. The first-order valence-corrected chi connectivity index (χ1v) is 7.97. The zero-order chi connectivity index (χ0) is 17.5. The van der Waals surface area contributed by atoms with E-state index >= 15 is 0 Å². The predicted octanol–water partition coefficient (Wildman–Crippen LogP) is 3.23. The van der Waals surface area contributed by atoms with Crippen LogP contribution in [0.15, 0.2) is 52.8 Å². The summed E-state index contributed by atoms with van der Waals surface area (Å²) in [4.78, 5) is 26.7. The first-order valence-electron chi connectivity index (χ1n) is 7.97. The van der Waals surface area contributed by atoms with Crippen LogP contribution >= 0.6 is 0 Å². The van der Waals surface area contributed by atoms with Crippen LogP contribution in [0, 0.1) is 6.92 Å². The molecule has 1 N–H and O–H groups in total. The molecule has 5 heteroatoms. The van der Waals surface area contributed by atoms with E-state index in [1.807, 2.05) is 32.9 Å². The molecule has 1 heterocycles. The molecule has 0 saturated carbocycles. The number of aryl methyl sites for hydroxylation is 1. The number of carbonyl (C=O) groups is 2. The molecule has 0 radical (unpaired) electrons. The lowest BCUT2D eigenvalue weighted by Gasteiger charge is -2.20. The van der Waals surface area contributed by atoms with Crippen LogP contribution in [0.1, 0.15) is 35.5 Å². The number of furan rings is 1. The van der Waals surface area contributed by atoms with Gasteiger partial charge in [-0.05, 0) is 45.0 Å². The summed E-state index contributed by atoms with van der Waals surface area (Å²) in [5, 5.41) is 2.71. The normalized spacial score (nSPS) is 11.2. The maximum absolute atomic E-state index is 12.7. The zero-order valence-electron chi connectivity index (χ0n) is 14.2. The Morgan fingerprint density at radius 2 is 1.79 bits per heavy atom. The molecule has 1 aromatic heterocycles. The number of benzene rings is 1. The van der Waals surface area contributed by atoms with Crippen LogP contribution in [0.5, 0.6) is 0 Å². The number of nitrogens with zero attached hydrogens (tertiary/aromatic N) is 1. The van der Waals surface area contributed by atoms with E-state index in [1.165, 1.54) is 6.26 Å². The first kappa shape index (κ1) is 17.5. The van der Waals surface area contributed by atoms with Gasteiger partial charge in [-0.2, -0.15) is 0 Å². The predicted molar refractivity (Wildman–Crippen MR) is 93.3 cm³/mol. The van der Waals surface area contributed by atoms with Gasteiger partial charge in [0.1, 0.15) is 11.5 Å². The Bertz CT molecular complexity index is 712. The molecule has 0 fully saturated rings. The fourth-order valence-electron chi connectivity index (χ4n) is 2.25. The van der Waals surface area contributed by atoms with Crippen LogP contribution in [0.4, 0.5) is 0 Å². The van der Waals surface area contributed by atoms with Gasteiger partial charge in [0.15, 0.2) is 0 Å². The van der Waals surface area contributed by atoms with E-state index in [-0.39, 0.29) is 17.5 Å². The quantitative estimate of drug-likeness (QED) is 0.829. The Hall–Kier alpha value is -2.82. The van der Waals surface area contributed by atoms with Crippen molar-refractivity contribution in [3.8, 4) is 0 Å². The van der Waals surface area contributed by atoms with Gasteiger partial charge >= 0.3 is 0 Å². The standard InChI is InChI=1S/C19H22N2O3/c1-4-21(5-2)19(23)17(13-16-7-6-12-24-16)20-18(22)15-10-8-14(3)9-11-15/h6-13H,4-5H2,1-3H3,(H,20,22)/b17-13-. The van der Waals surface area contributed by atoms with E-state index in [1.54, 1.807) is 35.2 Å². The lowest BCUT2D eigenvalue weighted by molar-refractivity contribution is -0.127. The molecule has 0 saturated heterocycles. The maximum Gasteiger partial charge on any atom is 0.270 e. The molecule has 0 aliphatic heterocycles. The summed E-state index contributed by atoms with van der Waals surface area (Å²) >= 11 is 0. The highest BCUT2D eigenvalue weighted by molar-refractivity contribution is 6.05. The zero-order valence-corrected chi connectivity index (χ0v) is 14.2. The summed E-state index contributed by atoms with van der Waals surface area (Å²) in [5.74, 6) is -0.0557. The second-order valence-corrected chi connectivity index (χ2v) is 5.37. The van der Waals surface area contributed by atoms with E-state index in [2.05, 4.69) is 5.32 Å². The van der Waals surface area contributed by atoms with Crippen molar-refractivity contribution in [3.05, 3.63) is 65.2 Å². The van der Waals surface area contributed by atoms with Crippen LogP contribution < -0.4 is 5.32 Å². The Morgan fingerprint density at radius 3 is 2.33 bits per heavy atom. The number of amides is 2. The summed E-state index contributed by atoms with van der Waals surface area (Å²) in [6.07, 6.45) is 3.07. The second kappa shape index (κ2) is 8.15. The molecule has 0 unspecified atom stereocenters. The number of hydrogen-bond donors (Lipinski definition) is 1. The summed E-state index contributed by atoms with van der Waals surface area (Å²) in [6.45, 7) is 6.87. The molecule has 2 amide bonds. The SMILES string of the molecule is CCN(CC)C(=O)/C(=C/c1ccco1)NC(=O)c1ccc(C)cc1. The molecule has 24 heavy (non-hydrogen) atoms. The average Bonchev–Trinajstić information content (AvgIpc) is 3.09. The Morgan fingerprint density at radius 1 is 1.12 bits per heavy atom. The van der Waals surface area contributed by atoms with Crippen LogP contribution in [-0.2, 0) is 4.79 Å². The van der Waals surface area contributed by atoms with Crippen molar-refractivity contribution in [2.45, 2.75) is 20.8 Å². The minimum atomic E-state index is -0.326. The smallest absolute Gasteiger partial charge is 0.270 e. The van der Waals surface area contributed by atoms with Crippen molar-refractivity contribution in [2.24, 2.45) is 0 Å². The first-order chi connectivity index (χ1) is 11.5. The Labute approximate surface area is 142 Å². The summed E-state index contributed by atoms with van der Waals surface area (Å²) in [5.41, 5.74) is 1.76. The van der Waals surface area contributed by atoms with E-state index < -0.39 is 0 Å². The van der Waals surface area contributed by atoms with Crippen molar-refractivity contribution < 1.29 is 14.0 Å². The van der Waals surface area contributed by atoms with Gasteiger partial charge in [0.25, 0.3) is 11.8 Å². The third kappa shape index (κ3) is 4.35. The number of rotatable bonds is 6. The molecule has 0 aliphatic carbocycles. The maximum atomic E-state index is 12.7. The molecular weight excluding hydrogens is 304 g/mol. The van der Waals surface area contributed by atoms with Gasteiger partial charge in [-0.1, -0.05) is 17.7 Å². The summed E-state index contributed by atoms with van der Waals surface area (Å²) in [6, 6.07) is 10.6. The highest BCUT2D eigenvalue weighted by Crippen LogP contribution is 2.10. The van der Waals surface area contributed by atoms with Crippen molar-refractivity contribution >= 4 is 17.9 Å². The molecule has 2 aromatic rings. The van der Waals surface area contributed by atoms with Crippen LogP contribution in [0.2, 0.25) is 0 Å². The highest BCUT2D eigenvalue weighted by atomic mass is 16.3. The molecule has 0 atom stereocenters. The van der Waals surface area contributed by atoms with Crippen LogP contribution in [-0.4, -0.2) is 29.8 Å². The molecule has 1 aromatic carbocycles. The van der Waals surface area contributed by atoms with Gasteiger partial charge in [0, 0.05) is 24.7 Å². The molecular formula is C19H22N2O3. The van der Waals surface area contributed by atoms with Crippen LogP contribution in [0.25, 0.3) is 6.08 Å². The molecule has 5 nitrogen and oxygen atoms in total. The largest absolute Gasteiger partial charge is 0.465 e. The third-order valence-electron chi connectivity index (χ3n) is 3.67. The van der Waals surface area contributed by atoms with Gasteiger partial charge < -0.3 is 14.6 Å². The number of hydrogen-bond acceptors (Lipinski definition) is 3. The minimum absolute atomic E-state index is 0.194. The molecule has 126 valence electrons. The van der Waals surface area contributed by atoms with Crippen molar-refractivity contribution in [3.63, 3.8) is 0 Å². The Kier molecular flexibility index (Phi) is 5.95. The summed E-state index contributed by atoms with van der Waals surface area (Å²) in [7, 11) is 0. The van der Waals surface area contributed by atoms with Crippen molar-refractivity contribution in [1.82, 2.24) is 10.2 Å². The van der Waals surface area contributed by atoms with Gasteiger partial charge in [0.2, 0.25) is 0 Å². The monoisotopic (exact) mass is 326 g/mol. The van der Waals surface area contributed by atoms with Gasteiger partial charge in [-0.3, -0.25) is 9.59 Å². The van der Waals surface area contributed by atoms with Crippen LogP contribution in [0.3, 0.4) is 0 Å². The average molecular weight is 326 g/mol. The second-order valence-electron chi connectivity index (χ2n) is 5.37. The van der Waals surface area contributed by atoms with Gasteiger partial charge in [-0.25, -0.2) is 0 Å². The lowest BCUT2D eigenvalue weighted by atomic mass is 10.1. The van der Waals surface area contributed by atoms with E-state index in [0.717, 1.165) is 5.56 Å². The molecule has 2 rings (SSSR count). The fraction of sp³-hybridized carbons (Fsp3) is 0.263. The number of likely N-dealkylation sites (N-methyl/N-ethyl adjacent to an activating group) is 1. The lowest BCUT2D eigenvalue weighted by Crippen LogP contribution is -2.38. The van der Waals surface area contributed by atoms with E-state index in [9.17, 15) is 9.59 Å². The van der Waals surface area contributed by atoms with Crippen molar-refractivity contribution in [1.29, 1.82) is 0 Å². The number of carbonyl (C=O) groups excluding carboxylic acids is 2. The van der Waals surface area contributed by atoms with E-state index in [4.69, 9.17) is 4.42 Å².